The first-order chi connectivity index (χ1) is 15.5. The first-order valence-corrected chi connectivity index (χ1v) is 12.3. The van der Waals surface area contributed by atoms with Crippen LogP contribution in [-0.4, -0.2) is 35.8 Å². The van der Waals surface area contributed by atoms with Crippen molar-refractivity contribution in [3.8, 4) is 0 Å². The molecule has 0 heterocycles. The number of carbonyl (C=O) groups excluding carboxylic acids is 1. The minimum Gasteiger partial charge on any atom is -0.411 e. The Balaban J connectivity index is 1.66. The summed E-state index contributed by atoms with van der Waals surface area (Å²) in [4.78, 5) is 12.2. The topological polar surface area (TPSA) is 58.9 Å². The van der Waals surface area contributed by atoms with Gasteiger partial charge < -0.3 is 9.94 Å². The van der Waals surface area contributed by atoms with Gasteiger partial charge in [-0.2, -0.15) is 0 Å². The second-order valence-corrected chi connectivity index (χ2v) is 10.5. The third-order valence-electron chi connectivity index (χ3n) is 9.18. The van der Waals surface area contributed by atoms with Crippen LogP contribution in [-0.2, 0) is 9.53 Å². The van der Waals surface area contributed by atoms with Crippen LogP contribution in [0, 0.1) is 17.3 Å². The summed E-state index contributed by atoms with van der Waals surface area (Å²) in [6.45, 7) is 2.41. The van der Waals surface area contributed by atoms with Crippen molar-refractivity contribution >= 4 is 23.6 Å². The number of fused-ring (bicyclic) bond motifs is 4. The normalized spacial score (nSPS) is 36.7. The van der Waals surface area contributed by atoms with Gasteiger partial charge >= 0.3 is 0 Å². The number of halogens is 1. The minimum absolute atomic E-state index is 0.000173. The summed E-state index contributed by atoms with van der Waals surface area (Å²) in [7, 11) is 1.83. The smallest absolute Gasteiger partial charge is 0.156 e. The predicted octanol–water partition coefficient (Wildman–Crippen LogP) is 6.02. The Labute approximate surface area is 195 Å². The number of ketones is 1. The van der Waals surface area contributed by atoms with Crippen LogP contribution in [0.15, 0.2) is 52.2 Å². The van der Waals surface area contributed by atoms with E-state index < -0.39 is 0 Å². The molecule has 0 aliphatic heterocycles. The molecule has 0 unspecified atom stereocenters. The van der Waals surface area contributed by atoms with Crippen LogP contribution in [0.3, 0.4) is 0 Å². The summed E-state index contributed by atoms with van der Waals surface area (Å²) in [5.41, 5.74) is 6.17. The Morgan fingerprint density at radius 2 is 2.00 bits per heavy atom. The van der Waals surface area contributed by atoms with Crippen LogP contribution in [0.4, 0.5) is 0 Å². The number of methoxy groups -OCH3 is 1. The number of hydrogen-bond donors (Lipinski definition) is 1. The first-order valence-electron chi connectivity index (χ1n) is 11.8. The number of alkyl halides is 1. The molecule has 1 aromatic rings. The van der Waals surface area contributed by atoms with Crippen LogP contribution >= 0.6 is 11.6 Å². The van der Waals surface area contributed by atoms with E-state index >= 15 is 0 Å². The molecule has 4 aliphatic carbocycles. The molecule has 5 rings (SSSR count). The minimum atomic E-state index is -0.296. The number of allylic oxidation sites excluding steroid dienone is 4. The van der Waals surface area contributed by atoms with Crippen molar-refractivity contribution in [2.75, 3.05) is 13.0 Å². The molecule has 32 heavy (non-hydrogen) atoms. The van der Waals surface area contributed by atoms with Gasteiger partial charge in [-0.25, -0.2) is 0 Å². The largest absolute Gasteiger partial charge is 0.411 e. The average Bonchev–Trinajstić information content (AvgIpc) is 3.11. The molecule has 4 aliphatic rings. The highest BCUT2D eigenvalue weighted by Gasteiger charge is 2.63. The summed E-state index contributed by atoms with van der Waals surface area (Å²) < 4.78 is 6.21. The fourth-order valence-corrected chi connectivity index (χ4v) is 8.08. The highest BCUT2D eigenvalue weighted by atomic mass is 35.5. The van der Waals surface area contributed by atoms with Gasteiger partial charge in [0, 0.05) is 24.9 Å². The van der Waals surface area contributed by atoms with Gasteiger partial charge in [-0.05, 0) is 78.7 Å². The van der Waals surface area contributed by atoms with E-state index in [0.717, 1.165) is 44.1 Å². The maximum Gasteiger partial charge on any atom is 0.156 e. The lowest BCUT2D eigenvalue weighted by atomic mass is 9.51. The zero-order chi connectivity index (χ0) is 22.5. The lowest BCUT2D eigenvalue weighted by Gasteiger charge is -2.55. The zero-order valence-electron chi connectivity index (χ0n) is 18.9. The molecule has 5 atom stereocenters. The summed E-state index contributed by atoms with van der Waals surface area (Å²) >= 11 is 6.60. The molecule has 0 amide bonds. The van der Waals surface area contributed by atoms with E-state index in [0.29, 0.717) is 24.1 Å². The Bertz CT molecular complexity index is 1000. The van der Waals surface area contributed by atoms with Gasteiger partial charge in [0.2, 0.25) is 0 Å². The molecular formula is C27H32ClNO3. The SMILES string of the molecule is CO[C@@]1(CCl)CC[C@H]2[C@@H]3CCC4=CC(=O)CCC4=C3[C@@H](c3ccc(C=NO)cc3)C[C@@]21C. The molecule has 4 nitrogen and oxygen atoms in total. The number of oxime groups is 1. The molecular weight excluding hydrogens is 422 g/mol. The van der Waals surface area contributed by atoms with Gasteiger partial charge in [-0.3, -0.25) is 4.79 Å². The van der Waals surface area contributed by atoms with Crippen molar-refractivity contribution in [1.29, 1.82) is 0 Å². The predicted molar refractivity (Wildman–Crippen MR) is 127 cm³/mol. The Morgan fingerprint density at radius 1 is 1.22 bits per heavy atom. The number of ether oxygens (including phenoxy) is 1. The fourth-order valence-electron chi connectivity index (χ4n) is 7.53. The lowest BCUT2D eigenvalue weighted by Crippen LogP contribution is -2.53. The zero-order valence-corrected chi connectivity index (χ0v) is 19.7. The van der Waals surface area contributed by atoms with Gasteiger partial charge in [-0.1, -0.05) is 41.9 Å². The van der Waals surface area contributed by atoms with E-state index in [2.05, 4.69) is 24.2 Å². The molecule has 2 saturated carbocycles. The second-order valence-electron chi connectivity index (χ2n) is 10.3. The summed E-state index contributed by atoms with van der Waals surface area (Å²) in [5.74, 6) is 2.14. The van der Waals surface area contributed by atoms with Crippen LogP contribution in [0.5, 0.6) is 0 Å². The summed E-state index contributed by atoms with van der Waals surface area (Å²) in [6.07, 6.45) is 10.1. The van der Waals surface area contributed by atoms with E-state index in [1.165, 1.54) is 22.9 Å². The van der Waals surface area contributed by atoms with Crippen LogP contribution < -0.4 is 0 Å². The second kappa shape index (κ2) is 8.14. The highest BCUT2D eigenvalue weighted by molar-refractivity contribution is 6.18. The number of carbonyl (C=O) groups is 1. The number of benzene rings is 1. The van der Waals surface area contributed by atoms with E-state index in [4.69, 9.17) is 21.5 Å². The van der Waals surface area contributed by atoms with E-state index in [9.17, 15) is 4.79 Å². The van der Waals surface area contributed by atoms with Crippen LogP contribution in [0.25, 0.3) is 0 Å². The van der Waals surface area contributed by atoms with Crippen molar-refractivity contribution in [3.05, 3.63) is 58.2 Å². The van der Waals surface area contributed by atoms with Crippen molar-refractivity contribution < 1.29 is 14.7 Å². The Kier molecular flexibility index (Phi) is 5.58. The van der Waals surface area contributed by atoms with E-state index in [1.807, 2.05) is 25.3 Å². The van der Waals surface area contributed by atoms with Gasteiger partial charge in [0.1, 0.15) is 0 Å². The third kappa shape index (κ3) is 3.13. The molecule has 1 N–H and O–H groups in total. The molecule has 2 fully saturated rings. The molecule has 5 heteroatoms. The molecule has 0 saturated heterocycles. The first kappa shape index (κ1) is 21.9. The third-order valence-corrected chi connectivity index (χ3v) is 9.61. The van der Waals surface area contributed by atoms with Crippen molar-refractivity contribution in [2.24, 2.45) is 22.4 Å². The maximum absolute atomic E-state index is 12.2. The molecule has 170 valence electrons. The van der Waals surface area contributed by atoms with Crippen molar-refractivity contribution in [1.82, 2.24) is 0 Å². The van der Waals surface area contributed by atoms with Crippen LogP contribution in [0.2, 0.25) is 0 Å². The van der Waals surface area contributed by atoms with Gasteiger partial charge in [0.25, 0.3) is 0 Å². The Morgan fingerprint density at radius 3 is 2.69 bits per heavy atom. The fraction of sp³-hybridized carbons (Fsp3) is 0.556. The highest BCUT2D eigenvalue weighted by Crippen LogP contribution is 2.67. The molecule has 1 aromatic carbocycles. The number of hydrogen-bond acceptors (Lipinski definition) is 4. The Hall–Kier alpha value is -1.91. The molecule has 0 spiro atoms. The lowest BCUT2D eigenvalue weighted by molar-refractivity contribution is -0.114. The van der Waals surface area contributed by atoms with Crippen molar-refractivity contribution in [2.45, 2.75) is 63.4 Å². The quantitative estimate of drug-likeness (QED) is 0.262. The van der Waals surface area contributed by atoms with Gasteiger partial charge in [0.05, 0.1) is 17.7 Å². The summed E-state index contributed by atoms with van der Waals surface area (Å²) in [6, 6.07) is 8.39. The molecule has 0 bridgehead atoms. The standard InChI is InChI=1S/C27H32ClNO3/c1-26-14-23(18-5-3-17(4-6-18)15-29-31)25-21-10-8-20(30)13-19(21)7-9-22(25)24(26)11-12-27(26,16-28)32-2/h3-6,13,15,22-24,31H,7-12,14,16H2,1-2H3/t22-,23+,24-,26-,27+/m0/s1. The maximum atomic E-state index is 12.2. The average molecular weight is 454 g/mol. The molecule has 0 aromatic heterocycles. The van der Waals surface area contributed by atoms with E-state index in [1.54, 1.807) is 5.57 Å². The number of rotatable bonds is 4. The van der Waals surface area contributed by atoms with Gasteiger partial charge in [-0.15, -0.1) is 11.6 Å². The van der Waals surface area contributed by atoms with E-state index in [-0.39, 0.29) is 22.7 Å². The summed E-state index contributed by atoms with van der Waals surface area (Å²) in [5, 5.41) is 12.1. The molecule has 0 radical (unpaired) electrons. The van der Waals surface area contributed by atoms with Crippen LogP contribution in [0.1, 0.15) is 68.9 Å². The van der Waals surface area contributed by atoms with Crippen molar-refractivity contribution in [3.63, 3.8) is 0 Å². The monoisotopic (exact) mass is 453 g/mol. The van der Waals surface area contributed by atoms with Gasteiger partial charge in [0.15, 0.2) is 5.78 Å². The number of nitrogens with zero attached hydrogens (tertiary/aromatic N) is 1.